The van der Waals surface area contributed by atoms with Gasteiger partial charge in [0.25, 0.3) is 0 Å². The van der Waals surface area contributed by atoms with E-state index in [2.05, 4.69) is 26.8 Å². The Balaban J connectivity index is 1.99. The Morgan fingerprint density at radius 2 is 1.95 bits per heavy atom. The maximum absolute atomic E-state index is 6.30. The summed E-state index contributed by atoms with van der Waals surface area (Å²) < 4.78 is 3.79. The fourth-order valence-electron chi connectivity index (χ4n) is 2.31. The molecule has 0 aliphatic carbocycles. The predicted octanol–water partition coefficient (Wildman–Crippen LogP) is 3.29. The Morgan fingerprint density at radius 1 is 1.20 bits per heavy atom. The van der Waals surface area contributed by atoms with Gasteiger partial charge in [-0.3, -0.25) is 4.68 Å². The third-order valence-corrected chi connectivity index (χ3v) is 3.82. The first-order valence-corrected chi connectivity index (χ1v) is 6.79. The van der Waals surface area contributed by atoms with Crippen LogP contribution in [0.25, 0.3) is 11.4 Å². The Hall–Kier alpha value is -2.07. The van der Waals surface area contributed by atoms with Crippen molar-refractivity contribution < 1.29 is 0 Å². The number of hydrogen-bond acceptors (Lipinski definition) is 2. The molecule has 0 aliphatic heterocycles. The van der Waals surface area contributed by atoms with Crippen molar-refractivity contribution >= 4 is 11.6 Å². The molecular formula is C15H15ClN4. The second-order valence-corrected chi connectivity index (χ2v) is 5.08. The predicted molar refractivity (Wildman–Crippen MR) is 79.7 cm³/mol. The molecule has 3 rings (SSSR count). The largest absolute Gasteiger partial charge is 0.326 e. The molecule has 0 unspecified atom stereocenters. The summed E-state index contributed by atoms with van der Waals surface area (Å²) in [4.78, 5) is 4.44. The molecule has 3 aromatic rings. The van der Waals surface area contributed by atoms with Crippen LogP contribution < -0.4 is 0 Å². The second-order valence-electron chi connectivity index (χ2n) is 4.72. The first-order chi connectivity index (χ1) is 9.66. The summed E-state index contributed by atoms with van der Waals surface area (Å²) in [5.74, 6) is 0.935. The van der Waals surface area contributed by atoms with Gasteiger partial charge in [0.2, 0.25) is 0 Å². The molecule has 2 heterocycles. The molecule has 4 nitrogen and oxygen atoms in total. The quantitative estimate of drug-likeness (QED) is 0.741. The zero-order chi connectivity index (χ0) is 14.1. The van der Waals surface area contributed by atoms with Crippen LogP contribution in [-0.2, 0) is 13.6 Å². The number of imidazole rings is 1. The lowest BCUT2D eigenvalue weighted by Gasteiger charge is -2.08. The van der Waals surface area contributed by atoms with Gasteiger partial charge in [-0.25, -0.2) is 4.98 Å². The Labute approximate surface area is 122 Å². The van der Waals surface area contributed by atoms with E-state index in [1.165, 1.54) is 0 Å². The molecule has 0 bridgehead atoms. The van der Waals surface area contributed by atoms with Crippen molar-refractivity contribution in [2.45, 2.75) is 13.5 Å². The van der Waals surface area contributed by atoms with Crippen molar-refractivity contribution in [1.29, 1.82) is 0 Å². The highest BCUT2D eigenvalue weighted by molar-refractivity contribution is 6.30. The summed E-state index contributed by atoms with van der Waals surface area (Å²) in [6, 6.07) is 10.1. The van der Waals surface area contributed by atoms with Crippen LogP contribution >= 0.6 is 11.6 Å². The van der Waals surface area contributed by atoms with Gasteiger partial charge in [-0.15, -0.1) is 0 Å². The van der Waals surface area contributed by atoms with E-state index in [4.69, 9.17) is 11.6 Å². The van der Waals surface area contributed by atoms with Gasteiger partial charge in [-0.05, 0) is 6.92 Å². The summed E-state index contributed by atoms with van der Waals surface area (Å²) in [5.41, 5.74) is 3.07. The van der Waals surface area contributed by atoms with E-state index in [1.54, 1.807) is 4.68 Å². The van der Waals surface area contributed by atoms with Crippen molar-refractivity contribution in [3.8, 4) is 11.4 Å². The minimum atomic E-state index is 0.669. The molecule has 0 fully saturated rings. The van der Waals surface area contributed by atoms with Gasteiger partial charge >= 0.3 is 0 Å². The maximum atomic E-state index is 6.30. The summed E-state index contributed by atoms with van der Waals surface area (Å²) in [7, 11) is 1.85. The van der Waals surface area contributed by atoms with Crippen LogP contribution in [0.4, 0.5) is 0 Å². The van der Waals surface area contributed by atoms with E-state index in [0.717, 1.165) is 22.6 Å². The molecule has 5 heteroatoms. The zero-order valence-electron chi connectivity index (χ0n) is 11.4. The van der Waals surface area contributed by atoms with Crippen LogP contribution in [0.5, 0.6) is 0 Å². The van der Waals surface area contributed by atoms with Crippen molar-refractivity contribution in [3.05, 3.63) is 59.1 Å². The van der Waals surface area contributed by atoms with Crippen molar-refractivity contribution in [2.24, 2.45) is 7.05 Å². The monoisotopic (exact) mass is 286 g/mol. The van der Waals surface area contributed by atoms with Crippen LogP contribution in [-0.4, -0.2) is 19.3 Å². The number of aryl methyl sites for hydroxylation is 2. The standard InChI is InChI=1S/C15H15ClN4/c1-11-13(14(16)19(2)18-11)10-20-9-8-17-15(20)12-6-4-3-5-7-12/h3-9H,10H2,1-2H3. The van der Waals surface area contributed by atoms with Gasteiger partial charge in [0, 0.05) is 30.6 Å². The normalized spacial score (nSPS) is 10.9. The lowest BCUT2D eigenvalue weighted by Crippen LogP contribution is -2.02. The van der Waals surface area contributed by atoms with Crippen molar-refractivity contribution in [3.63, 3.8) is 0 Å². The number of nitrogens with zero attached hydrogens (tertiary/aromatic N) is 4. The lowest BCUT2D eigenvalue weighted by atomic mass is 10.2. The Bertz CT molecular complexity index is 728. The van der Waals surface area contributed by atoms with Crippen LogP contribution in [0.1, 0.15) is 11.3 Å². The van der Waals surface area contributed by atoms with Crippen LogP contribution in [0.2, 0.25) is 5.15 Å². The van der Waals surface area contributed by atoms with E-state index in [0.29, 0.717) is 11.7 Å². The molecular weight excluding hydrogens is 272 g/mol. The molecule has 2 aromatic heterocycles. The minimum Gasteiger partial charge on any atom is -0.326 e. The van der Waals surface area contributed by atoms with E-state index in [1.807, 2.05) is 44.6 Å². The van der Waals surface area contributed by atoms with E-state index < -0.39 is 0 Å². The van der Waals surface area contributed by atoms with Gasteiger partial charge in [0.15, 0.2) is 0 Å². The van der Waals surface area contributed by atoms with Gasteiger partial charge in [-0.2, -0.15) is 5.10 Å². The molecule has 102 valence electrons. The van der Waals surface area contributed by atoms with E-state index in [9.17, 15) is 0 Å². The lowest BCUT2D eigenvalue weighted by molar-refractivity contribution is 0.756. The van der Waals surface area contributed by atoms with E-state index >= 15 is 0 Å². The highest BCUT2D eigenvalue weighted by Crippen LogP contribution is 2.23. The number of aromatic nitrogens is 4. The number of benzene rings is 1. The average molecular weight is 287 g/mol. The average Bonchev–Trinajstić information content (AvgIpc) is 3.01. The SMILES string of the molecule is Cc1nn(C)c(Cl)c1Cn1ccnc1-c1ccccc1. The molecule has 0 spiro atoms. The van der Waals surface area contributed by atoms with Gasteiger partial charge in [-0.1, -0.05) is 41.9 Å². The molecule has 1 aromatic carbocycles. The third-order valence-electron chi connectivity index (χ3n) is 3.35. The molecule has 0 radical (unpaired) electrons. The molecule has 0 amide bonds. The van der Waals surface area contributed by atoms with Gasteiger partial charge in [0.1, 0.15) is 11.0 Å². The summed E-state index contributed by atoms with van der Waals surface area (Å²) in [5, 5.41) is 5.02. The fraction of sp³-hybridized carbons (Fsp3) is 0.200. The summed E-state index contributed by atoms with van der Waals surface area (Å²) >= 11 is 6.30. The van der Waals surface area contributed by atoms with Crippen LogP contribution in [0.15, 0.2) is 42.7 Å². The van der Waals surface area contributed by atoms with Gasteiger partial charge in [0.05, 0.1) is 12.2 Å². The second kappa shape index (κ2) is 5.13. The Kier molecular flexibility index (Phi) is 3.32. The molecule has 0 saturated carbocycles. The number of rotatable bonds is 3. The topological polar surface area (TPSA) is 35.6 Å². The molecule has 0 saturated heterocycles. The van der Waals surface area contributed by atoms with Gasteiger partial charge < -0.3 is 4.57 Å². The molecule has 0 N–H and O–H groups in total. The smallest absolute Gasteiger partial charge is 0.140 e. The van der Waals surface area contributed by atoms with Crippen LogP contribution in [0, 0.1) is 6.92 Å². The minimum absolute atomic E-state index is 0.669. The molecule has 20 heavy (non-hydrogen) atoms. The summed E-state index contributed by atoms with van der Waals surface area (Å²) in [6.45, 7) is 2.64. The number of halogens is 1. The fourth-order valence-corrected chi connectivity index (χ4v) is 2.54. The molecule has 0 atom stereocenters. The maximum Gasteiger partial charge on any atom is 0.140 e. The third kappa shape index (κ3) is 2.23. The van der Waals surface area contributed by atoms with Crippen molar-refractivity contribution in [1.82, 2.24) is 19.3 Å². The zero-order valence-corrected chi connectivity index (χ0v) is 12.2. The summed E-state index contributed by atoms with van der Waals surface area (Å²) in [6.07, 6.45) is 3.77. The van der Waals surface area contributed by atoms with Crippen molar-refractivity contribution in [2.75, 3.05) is 0 Å². The first kappa shape index (κ1) is 12.9. The highest BCUT2D eigenvalue weighted by atomic mass is 35.5. The first-order valence-electron chi connectivity index (χ1n) is 6.41. The van der Waals surface area contributed by atoms with E-state index in [-0.39, 0.29) is 0 Å². The Morgan fingerprint density at radius 3 is 2.60 bits per heavy atom. The highest BCUT2D eigenvalue weighted by Gasteiger charge is 2.14. The molecule has 0 aliphatic rings. The number of hydrogen-bond donors (Lipinski definition) is 0. The van der Waals surface area contributed by atoms with Crippen LogP contribution in [0.3, 0.4) is 0 Å².